The van der Waals surface area contributed by atoms with E-state index in [-0.39, 0.29) is 34.4 Å². The molecule has 0 aliphatic heterocycles. The first kappa shape index (κ1) is 22.5. The van der Waals surface area contributed by atoms with Crippen LogP contribution in [-0.4, -0.2) is 40.1 Å². The first-order chi connectivity index (χ1) is 12.1. The van der Waals surface area contributed by atoms with E-state index in [4.69, 9.17) is 18.9 Å². The predicted molar refractivity (Wildman–Crippen MR) is 101 cm³/mol. The summed E-state index contributed by atoms with van der Waals surface area (Å²) in [7, 11) is 4.70. The average Bonchev–Trinajstić information content (AvgIpc) is 2.63. The predicted octanol–water partition coefficient (Wildman–Crippen LogP) is 0.298. The molecule has 1 unspecified atom stereocenters. The molecule has 2 aromatic carbocycles. The molecule has 0 saturated heterocycles. The van der Waals surface area contributed by atoms with Gasteiger partial charge >= 0.3 is 18.9 Å². The van der Waals surface area contributed by atoms with Gasteiger partial charge in [-0.25, -0.2) is 0 Å². The number of benzene rings is 2. The van der Waals surface area contributed by atoms with Gasteiger partial charge in [-0.1, -0.05) is 12.1 Å². The van der Waals surface area contributed by atoms with Gasteiger partial charge in [0.05, 0.1) is 20.8 Å². The van der Waals surface area contributed by atoms with Crippen molar-refractivity contribution in [3.05, 3.63) is 47.5 Å². The molecule has 0 heterocycles. The molecule has 1 atom stereocenters. The quantitative estimate of drug-likeness (QED) is 0.361. The summed E-state index contributed by atoms with van der Waals surface area (Å²) in [6.07, 6.45) is 0. The summed E-state index contributed by atoms with van der Waals surface area (Å²) in [6, 6.07) is 11.1. The fourth-order valence-electron chi connectivity index (χ4n) is 2.37. The van der Waals surface area contributed by atoms with E-state index in [0.717, 1.165) is 16.6 Å². The van der Waals surface area contributed by atoms with Gasteiger partial charge in [0.15, 0.2) is 5.52 Å². The van der Waals surface area contributed by atoms with Crippen LogP contribution in [-0.2, 0) is 4.74 Å². The summed E-state index contributed by atoms with van der Waals surface area (Å²) < 4.78 is 21.2. The normalized spacial score (nSPS) is 10.5. The van der Waals surface area contributed by atoms with Crippen LogP contribution in [0.5, 0.6) is 17.2 Å². The van der Waals surface area contributed by atoms with E-state index in [1.54, 1.807) is 39.5 Å². The van der Waals surface area contributed by atoms with Crippen molar-refractivity contribution in [2.45, 2.75) is 6.92 Å². The fraction of sp³-hybridized carbons (Fsp3) is 0.316. The minimum absolute atomic E-state index is 0. The van der Waals surface area contributed by atoms with Crippen LogP contribution in [0.4, 0.5) is 0 Å². The Morgan fingerprint density at radius 3 is 2.23 bits per heavy atom. The van der Waals surface area contributed by atoms with Gasteiger partial charge in [0, 0.05) is 7.11 Å². The molecule has 0 radical (unpaired) electrons. The van der Waals surface area contributed by atoms with Gasteiger partial charge in [-0.05, 0) is 50.6 Å². The van der Waals surface area contributed by atoms with Crippen molar-refractivity contribution in [2.75, 3.05) is 34.5 Å². The number of methoxy groups -OCH3 is 3. The van der Waals surface area contributed by atoms with Crippen LogP contribution in [0.3, 0.4) is 0 Å². The molecule has 5 nitrogen and oxygen atoms in total. The van der Waals surface area contributed by atoms with E-state index in [0.29, 0.717) is 30.3 Å². The van der Waals surface area contributed by atoms with Crippen LogP contribution >= 0.6 is 8.58 Å². The number of aryl methyl sites for hydroxylation is 1. The molecule has 0 aromatic heterocycles. The minimum Gasteiger partial charge on any atom is -1.00 e. The Morgan fingerprint density at radius 2 is 1.69 bits per heavy atom. The molecule has 7 heteroatoms. The molecule has 0 saturated carbocycles. The Bertz CT molecular complexity index is 720. The van der Waals surface area contributed by atoms with E-state index < -0.39 is 0 Å². The topological polar surface area (TPSA) is 54.0 Å². The number of ether oxygens (including phenoxy) is 4. The van der Waals surface area contributed by atoms with E-state index in [1.165, 1.54) is 0 Å². The summed E-state index contributed by atoms with van der Waals surface area (Å²) in [5.74, 6) is 1.81. The second kappa shape index (κ2) is 11.3. The number of carbonyl (C=O) groups excluding carboxylic acids is 1. The molecule has 0 fully saturated rings. The Kier molecular flexibility index (Phi) is 9.76. The smallest absolute Gasteiger partial charge is 1.00 e. The van der Waals surface area contributed by atoms with Crippen molar-refractivity contribution < 1.29 is 44.0 Å². The van der Waals surface area contributed by atoms with Gasteiger partial charge in [-0.2, -0.15) is 0 Å². The van der Waals surface area contributed by atoms with Gasteiger partial charge in [0.25, 0.3) is 0 Å². The maximum atomic E-state index is 12.8. The first-order valence-electron chi connectivity index (χ1n) is 7.85. The van der Waals surface area contributed by atoms with Crippen LogP contribution in [0.2, 0.25) is 0 Å². The molecule has 26 heavy (non-hydrogen) atoms. The molecule has 0 aliphatic rings. The molecule has 0 bridgehead atoms. The van der Waals surface area contributed by atoms with Crippen LogP contribution in [0.1, 0.15) is 17.3 Å². The second-order valence-corrected chi connectivity index (χ2v) is 6.55. The third-order valence-corrected chi connectivity index (χ3v) is 4.96. The number of carbonyl (C=O) groups is 1. The maximum Gasteiger partial charge on any atom is 1.00 e. The van der Waals surface area contributed by atoms with Gasteiger partial charge in [-0.15, -0.1) is 0 Å². The van der Waals surface area contributed by atoms with Crippen molar-refractivity contribution in [1.82, 2.24) is 0 Å². The third-order valence-electron chi connectivity index (χ3n) is 3.66. The van der Waals surface area contributed by atoms with Crippen LogP contribution < -0.4 is 38.4 Å². The summed E-state index contributed by atoms with van der Waals surface area (Å²) in [4.78, 5) is 12.8. The molecule has 0 aliphatic carbocycles. The third kappa shape index (κ3) is 5.76. The Morgan fingerprint density at radius 1 is 1.04 bits per heavy atom. The van der Waals surface area contributed by atoms with Crippen LogP contribution in [0.25, 0.3) is 0 Å². The van der Waals surface area contributed by atoms with Gasteiger partial charge in [0.2, 0.25) is 0 Å². The second-order valence-electron chi connectivity index (χ2n) is 5.31. The van der Waals surface area contributed by atoms with Crippen LogP contribution in [0, 0.1) is 6.92 Å². The zero-order chi connectivity index (χ0) is 18.2. The summed E-state index contributed by atoms with van der Waals surface area (Å²) >= 11 is 0. The van der Waals surface area contributed by atoms with Gasteiger partial charge in [0.1, 0.15) is 29.4 Å². The SMILES string of the molecule is COCCOc1ccc(PC(=O)c2c(OC)cccc2OC)c(C)c1.[H-].[Li+]. The summed E-state index contributed by atoms with van der Waals surface area (Å²) in [5.41, 5.74) is 1.46. The zero-order valence-electron chi connectivity index (χ0n) is 16.9. The molecule has 2 rings (SSSR count). The van der Waals surface area contributed by atoms with Crippen LogP contribution in [0.15, 0.2) is 36.4 Å². The Labute approximate surface area is 169 Å². The summed E-state index contributed by atoms with van der Waals surface area (Å²) in [5, 5.41) is 0.969. The van der Waals surface area contributed by atoms with E-state index in [9.17, 15) is 4.79 Å². The van der Waals surface area contributed by atoms with Gasteiger partial charge in [-0.3, -0.25) is 4.79 Å². The minimum atomic E-state index is -0.0270. The molecule has 0 N–H and O–H groups in total. The average molecular weight is 370 g/mol. The van der Waals surface area contributed by atoms with E-state index in [1.807, 2.05) is 25.1 Å². The van der Waals surface area contributed by atoms with Crippen molar-refractivity contribution in [1.29, 1.82) is 0 Å². The monoisotopic (exact) mass is 370 g/mol. The van der Waals surface area contributed by atoms with Crippen molar-refractivity contribution in [3.63, 3.8) is 0 Å². The number of hydrogen-bond acceptors (Lipinski definition) is 5. The first-order valence-corrected chi connectivity index (χ1v) is 8.85. The Balaban J connectivity index is 0.00000338. The largest absolute Gasteiger partial charge is 1.00 e. The maximum absolute atomic E-state index is 12.8. The molecule has 0 amide bonds. The summed E-state index contributed by atoms with van der Waals surface area (Å²) in [6.45, 7) is 3.00. The molecular weight excluding hydrogens is 346 g/mol. The van der Waals surface area contributed by atoms with Crippen molar-refractivity contribution >= 4 is 19.4 Å². The van der Waals surface area contributed by atoms with E-state index in [2.05, 4.69) is 0 Å². The molecule has 136 valence electrons. The number of hydrogen-bond donors (Lipinski definition) is 0. The Hall–Kier alpha value is -1.50. The van der Waals surface area contributed by atoms with E-state index >= 15 is 0 Å². The van der Waals surface area contributed by atoms with Crippen molar-refractivity contribution in [2.24, 2.45) is 0 Å². The molecule has 2 aromatic rings. The molecular formula is C19H24LiO5P. The van der Waals surface area contributed by atoms with Crippen molar-refractivity contribution in [3.8, 4) is 17.2 Å². The molecule has 0 spiro atoms. The number of rotatable bonds is 9. The standard InChI is InChI=1S/C19H23O5P.Li.H/c1-13-12-14(24-11-10-21-2)8-9-17(13)25-19(20)18-15(22-3)6-5-7-16(18)23-4;;/h5-9,12,25H,10-11H2,1-4H3;;/q;+1;-1. The zero-order valence-corrected chi connectivity index (χ0v) is 16.9. The fourth-order valence-corrected chi connectivity index (χ4v) is 3.42. The van der Waals surface area contributed by atoms with Gasteiger partial charge < -0.3 is 20.4 Å².